The van der Waals surface area contributed by atoms with Crippen molar-refractivity contribution in [3.05, 3.63) is 48.0 Å². The van der Waals surface area contributed by atoms with E-state index < -0.39 is 0 Å². The van der Waals surface area contributed by atoms with Crippen molar-refractivity contribution >= 4 is 10.8 Å². The Morgan fingerprint density at radius 2 is 1.85 bits per heavy atom. The Morgan fingerprint density at radius 1 is 1.05 bits per heavy atom. The molecule has 2 aromatic rings. The van der Waals surface area contributed by atoms with Gasteiger partial charge in [-0.2, -0.15) is 0 Å². The molecule has 1 saturated carbocycles. The zero-order valence-corrected chi connectivity index (χ0v) is 12.6. The van der Waals surface area contributed by atoms with Crippen LogP contribution in [0.15, 0.2) is 42.5 Å². The summed E-state index contributed by atoms with van der Waals surface area (Å²) in [5.41, 5.74) is 1.56. The summed E-state index contributed by atoms with van der Waals surface area (Å²) in [6.45, 7) is 3.55. The van der Waals surface area contributed by atoms with Gasteiger partial charge in [0.05, 0.1) is 0 Å². The fourth-order valence-electron chi connectivity index (χ4n) is 3.90. The predicted molar refractivity (Wildman–Crippen MR) is 87.1 cm³/mol. The van der Waals surface area contributed by atoms with Crippen molar-refractivity contribution in [1.82, 2.24) is 5.32 Å². The second-order valence-electron chi connectivity index (χ2n) is 6.41. The van der Waals surface area contributed by atoms with E-state index in [1.807, 2.05) is 0 Å². The summed E-state index contributed by atoms with van der Waals surface area (Å²) >= 11 is 0. The molecular formula is C19H25N. The van der Waals surface area contributed by atoms with E-state index in [1.165, 1.54) is 30.0 Å². The molecule has 1 heteroatoms. The van der Waals surface area contributed by atoms with Crippen LogP contribution in [0.1, 0.15) is 37.7 Å². The molecule has 0 heterocycles. The molecule has 1 fully saturated rings. The normalized spacial score (nSPS) is 26.8. The number of hydrogen-bond acceptors (Lipinski definition) is 1. The van der Waals surface area contributed by atoms with Gasteiger partial charge in [-0.15, -0.1) is 0 Å². The van der Waals surface area contributed by atoms with Crippen molar-refractivity contribution in [2.24, 2.45) is 11.8 Å². The molecule has 0 aliphatic heterocycles. The van der Waals surface area contributed by atoms with Gasteiger partial charge in [0.25, 0.3) is 0 Å². The van der Waals surface area contributed by atoms with Crippen molar-refractivity contribution in [3.8, 4) is 0 Å². The van der Waals surface area contributed by atoms with E-state index in [2.05, 4.69) is 61.8 Å². The average Bonchev–Trinajstić information content (AvgIpc) is 2.49. The summed E-state index contributed by atoms with van der Waals surface area (Å²) in [4.78, 5) is 0. The highest BCUT2D eigenvalue weighted by atomic mass is 14.8. The van der Waals surface area contributed by atoms with E-state index in [1.54, 1.807) is 5.56 Å². The van der Waals surface area contributed by atoms with Gasteiger partial charge < -0.3 is 5.32 Å². The molecular weight excluding hydrogens is 242 g/mol. The summed E-state index contributed by atoms with van der Waals surface area (Å²) in [7, 11) is 2.08. The minimum Gasteiger partial charge on any atom is -0.319 e. The highest BCUT2D eigenvalue weighted by Crippen LogP contribution is 2.42. The van der Waals surface area contributed by atoms with Gasteiger partial charge in [0.2, 0.25) is 0 Å². The van der Waals surface area contributed by atoms with Crippen LogP contribution in [0.5, 0.6) is 0 Å². The summed E-state index contributed by atoms with van der Waals surface area (Å²) in [6.07, 6.45) is 4.07. The van der Waals surface area contributed by atoms with E-state index >= 15 is 0 Å². The molecule has 20 heavy (non-hydrogen) atoms. The van der Waals surface area contributed by atoms with Gasteiger partial charge in [-0.1, -0.05) is 55.8 Å². The van der Waals surface area contributed by atoms with Crippen LogP contribution in [-0.2, 0) is 0 Å². The monoisotopic (exact) mass is 267 g/mol. The largest absolute Gasteiger partial charge is 0.319 e. The smallest absolute Gasteiger partial charge is 0.00177 e. The first kappa shape index (κ1) is 13.6. The van der Waals surface area contributed by atoms with Crippen LogP contribution in [-0.4, -0.2) is 13.6 Å². The van der Waals surface area contributed by atoms with Crippen LogP contribution in [0.2, 0.25) is 0 Å². The van der Waals surface area contributed by atoms with Crippen molar-refractivity contribution in [2.45, 2.75) is 32.1 Å². The molecule has 1 nitrogen and oxygen atoms in total. The van der Waals surface area contributed by atoms with Crippen molar-refractivity contribution in [3.63, 3.8) is 0 Å². The minimum absolute atomic E-state index is 0.706. The molecule has 0 bridgehead atoms. The SMILES string of the molecule is CNCC1CCC(C)CC1c1cccc2ccccc12. The first-order valence-corrected chi connectivity index (χ1v) is 7.92. The second kappa shape index (κ2) is 5.97. The van der Waals surface area contributed by atoms with E-state index in [0.717, 1.165) is 18.4 Å². The van der Waals surface area contributed by atoms with Crippen LogP contribution in [0.3, 0.4) is 0 Å². The Balaban J connectivity index is 2.02. The lowest BCUT2D eigenvalue weighted by atomic mass is 9.70. The molecule has 0 spiro atoms. The van der Waals surface area contributed by atoms with Gasteiger partial charge in [0, 0.05) is 0 Å². The number of fused-ring (bicyclic) bond motifs is 1. The summed E-state index contributed by atoms with van der Waals surface area (Å²) in [5.74, 6) is 2.34. The van der Waals surface area contributed by atoms with E-state index in [4.69, 9.17) is 0 Å². The number of nitrogens with one attached hydrogen (secondary N) is 1. The van der Waals surface area contributed by atoms with Gasteiger partial charge in [-0.3, -0.25) is 0 Å². The highest BCUT2D eigenvalue weighted by molar-refractivity contribution is 5.86. The summed E-state index contributed by atoms with van der Waals surface area (Å²) < 4.78 is 0. The van der Waals surface area contributed by atoms with Gasteiger partial charge in [-0.05, 0) is 60.5 Å². The second-order valence-corrected chi connectivity index (χ2v) is 6.41. The van der Waals surface area contributed by atoms with Crippen LogP contribution >= 0.6 is 0 Å². The third-order valence-corrected chi connectivity index (χ3v) is 4.94. The Labute approximate surface area is 122 Å². The number of hydrogen-bond donors (Lipinski definition) is 1. The fourth-order valence-corrected chi connectivity index (χ4v) is 3.90. The molecule has 0 amide bonds. The Morgan fingerprint density at radius 3 is 2.70 bits per heavy atom. The molecule has 3 rings (SSSR count). The highest BCUT2D eigenvalue weighted by Gasteiger charge is 2.30. The minimum atomic E-state index is 0.706. The van der Waals surface area contributed by atoms with Crippen LogP contribution in [0, 0.1) is 11.8 Å². The molecule has 1 N–H and O–H groups in total. The Bertz CT molecular complexity index is 569. The van der Waals surface area contributed by atoms with Gasteiger partial charge in [0.1, 0.15) is 0 Å². The van der Waals surface area contributed by atoms with Gasteiger partial charge in [0.15, 0.2) is 0 Å². The maximum atomic E-state index is 3.40. The van der Waals surface area contributed by atoms with Crippen molar-refractivity contribution in [2.75, 3.05) is 13.6 Å². The molecule has 1 aliphatic rings. The molecule has 1 aliphatic carbocycles. The maximum Gasteiger partial charge on any atom is -0.00177 e. The van der Waals surface area contributed by atoms with Crippen LogP contribution < -0.4 is 5.32 Å². The van der Waals surface area contributed by atoms with Crippen LogP contribution in [0.25, 0.3) is 10.8 Å². The molecule has 2 aromatic carbocycles. The van der Waals surface area contributed by atoms with E-state index in [0.29, 0.717) is 5.92 Å². The van der Waals surface area contributed by atoms with Crippen molar-refractivity contribution < 1.29 is 0 Å². The molecule has 0 saturated heterocycles. The van der Waals surface area contributed by atoms with Gasteiger partial charge in [-0.25, -0.2) is 0 Å². The third-order valence-electron chi connectivity index (χ3n) is 4.94. The lowest BCUT2D eigenvalue weighted by Crippen LogP contribution is -2.30. The van der Waals surface area contributed by atoms with Crippen molar-refractivity contribution in [1.29, 1.82) is 0 Å². The predicted octanol–water partition coefficient (Wildman–Crippen LogP) is 4.58. The standard InChI is InChI=1S/C19H25N/c1-14-10-11-16(13-20-2)19(12-14)18-9-5-7-15-6-3-4-8-17(15)18/h3-9,14,16,19-20H,10-13H2,1-2H3. The van der Waals surface area contributed by atoms with E-state index in [9.17, 15) is 0 Å². The lowest BCUT2D eigenvalue weighted by molar-refractivity contribution is 0.246. The Hall–Kier alpha value is -1.34. The molecule has 106 valence electrons. The lowest BCUT2D eigenvalue weighted by Gasteiger charge is -2.36. The zero-order valence-electron chi connectivity index (χ0n) is 12.6. The average molecular weight is 267 g/mol. The molecule has 0 aromatic heterocycles. The summed E-state index contributed by atoms with van der Waals surface area (Å²) in [6, 6.07) is 15.7. The number of benzene rings is 2. The third kappa shape index (κ3) is 2.60. The maximum absolute atomic E-state index is 3.40. The fraction of sp³-hybridized carbons (Fsp3) is 0.474. The van der Waals surface area contributed by atoms with Gasteiger partial charge >= 0.3 is 0 Å². The first-order chi connectivity index (χ1) is 9.79. The summed E-state index contributed by atoms with van der Waals surface area (Å²) in [5, 5.41) is 6.23. The van der Waals surface area contributed by atoms with E-state index in [-0.39, 0.29) is 0 Å². The Kier molecular flexibility index (Phi) is 4.07. The number of rotatable bonds is 3. The van der Waals surface area contributed by atoms with Crippen LogP contribution in [0.4, 0.5) is 0 Å². The zero-order chi connectivity index (χ0) is 13.9. The quantitative estimate of drug-likeness (QED) is 0.858. The first-order valence-electron chi connectivity index (χ1n) is 7.92. The molecule has 0 radical (unpaired) electrons. The topological polar surface area (TPSA) is 12.0 Å². The molecule has 3 atom stereocenters. The molecule has 3 unspecified atom stereocenters.